The molecule has 0 unspecified atom stereocenters. The van der Waals surface area contributed by atoms with Crippen LogP contribution in [0.25, 0.3) is 6.08 Å². The Balaban J connectivity index is 0. The highest BCUT2D eigenvalue weighted by Crippen LogP contribution is 2.10. The molecule has 0 heterocycles. The van der Waals surface area contributed by atoms with Gasteiger partial charge in [0.2, 0.25) is 0 Å². The lowest BCUT2D eigenvalue weighted by Crippen LogP contribution is -1.98. The SMILES string of the molecule is C=C(CCCCCCCC)C(=O)O.C=CC=C.C=Cc1ccccc1. The number of allylic oxidation sites excluding steroid dienone is 2. The molecule has 0 aliphatic heterocycles. The van der Waals surface area contributed by atoms with E-state index in [1.807, 2.05) is 36.4 Å². The maximum atomic E-state index is 10.4. The molecule has 1 N–H and O–H groups in total. The van der Waals surface area contributed by atoms with Crippen LogP contribution in [0.5, 0.6) is 0 Å². The molecule has 2 nitrogen and oxygen atoms in total. The molecule has 0 atom stereocenters. The van der Waals surface area contributed by atoms with E-state index in [0.717, 1.165) is 12.8 Å². The van der Waals surface area contributed by atoms with Gasteiger partial charge in [-0.25, -0.2) is 4.79 Å². The second-order valence-corrected chi connectivity index (χ2v) is 5.51. The third-order valence-corrected chi connectivity index (χ3v) is 3.34. The maximum absolute atomic E-state index is 10.4. The number of unbranched alkanes of at least 4 members (excludes halogenated alkanes) is 5. The Morgan fingerprint density at radius 1 is 0.960 bits per heavy atom. The van der Waals surface area contributed by atoms with Crippen molar-refractivity contribution >= 4 is 12.0 Å². The number of aliphatic carboxylic acids is 1. The van der Waals surface area contributed by atoms with Gasteiger partial charge in [-0.1, -0.05) is 114 Å². The number of carboxylic acid groups (broad SMARTS) is 1. The van der Waals surface area contributed by atoms with E-state index in [9.17, 15) is 4.79 Å². The maximum Gasteiger partial charge on any atom is 0.330 e. The van der Waals surface area contributed by atoms with Crippen molar-refractivity contribution in [3.8, 4) is 0 Å². The Hall–Kier alpha value is -2.35. The number of carboxylic acids is 1. The molecule has 1 aromatic carbocycles. The summed E-state index contributed by atoms with van der Waals surface area (Å²) in [5, 5.41) is 8.52. The quantitative estimate of drug-likeness (QED) is 0.280. The zero-order valence-corrected chi connectivity index (χ0v) is 15.8. The first kappa shape index (κ1) is 24.9. The fraction of sp³-hybridized carbons (Fsp3) is 0.348. The Bertz CT molecular complexity index is 480. The van der Waals surface area contributed by atoms with Gasteiger partial charge in [0.1, 0.15) is 0 Å². The molecular weight excluding hydrogens is 308 g/mol. The largest absolute Gasteiger partial charge is 0.478 e. The summed E-state index contributed by atoms with van der Waals surface area (Å²) in [5.41, 5.74) is 1.52. The van der Waals surface area contributed by atoms with Gasteiger partial charge in [0, 0.05) is 5.57 Å². The van der Waals surface area contributed by atoms with Crippen molar-refractivity contribution in [2.75, 3.05) is 0 Å². The van der Waals surface area contributed by atoms with Gasteiger partial charge in [0.05, 0.1) is 0 Å². The third-order valence-electron chi connectivity index (χ3n) is 3.34. The van der Waals surface area contributed by atoms with E-state index in [1.165, 1.54) is 31.2 Å². The predicted molar refractivity (Wildman–Crippen MR) is 112 cm³/mol. The summed E-state index contributed by atoms with van der Waals surface area (Å²) < 4.78 is 0. The standard InChI is InChI=1S/C11H20O2.C8H8.C4H6/c1-3-4-5-6-7-8-9-10(2)11(12)13;1-2-8-6-4-3-5-7-8;1-3-4-2/h2-9H2,1H3,(H,12,13);2-7H,1H2;3-4H,1-2H2. The van der Waals surface area contributed by atoms with Gasteiger partial charge >= 0.3 is 5.97 Å². The molecule has 0 spiro atoms. The number of hydrogen-bond donors (Lipinski definition) is 1. The van der Waals surface area contributed by atoms with Gasteiger partial charge < -0.3 is 5.11 Å². The van der Waals surface area contributed by atoms with Crippen molar-refractivity contribution in [3.63, 3.8) is 0 Å². The molecule has 0 aliphatic carbocycles. The molecule has 0 saturated carbocycles. The van der Waals surface area contributed by atoms with Crippen molar-refractivity contribution in [3.05, 3.63) is 79.9 Å². The monoisotopic (exact) mass is 342 g/mol. The molecule has 0 radical (unpaired) electrons. The molecule has 0 saturated heterocycles. The van der Waals surface area contributed by atoms with E-state index < -0.39 is 5.97 Å². The van der Waals surface area contributed by atoms with Gasteiger partial charge in [-0.05, 0) is 18.4 Å². The van der Waals surface area contributed by atoms with E-state index in [-0.39, 0.29) is 0 Å². The van der Waals surface area contributed by atoms with E-state index in [1.54, 1.807) is 12.2 Å². The molecule has 1 rings (SSSR count). The summed E-state index contributed by atoms with van der Waals surface area (Å²) in [6, 6.07) is 10.0. The number of benzene rings is 1. The van der Waals surface area contributed by atoms with Crippen LogP contribution in [0.3, 0.4) is 0 Å². The smallest absolute Gasteiger partial charge is 0.330 e. The summed E-state index contributed by atoms with van der Waals surface area (Å²) in [6.45, 7) is 16.0. The van der Waals surface area contributed by atoms with Crippen molar-refractivity contribution in [2.45, 2.75) is 51.9 Å². The fourth-order valence-corrected chi connectivity index (χ4v) is 1.81. The average Bonchev–Trinajstić information content (AvgIpc) is 2.65. The van der Waals surface area contributed by atoms with Gasteiger partial charge in [-0.3, -0.25) is 0 Å². The van der Waals surface area contributed by atoms with Gasteiger partial charge in [-0.2, -0.15) is 0 Å². The highest BCUT2D eigenvalue weighted by Gasteiger charge is 2.02. The van der Waals surface area contributed by atoms with Crippen LogP contribution in [0.15, 0.2) is 74.4 Å². The number of rotatable bonds is 10. The van der Waals surface area contributed by atoms with Gasteiger partial charge in [0.15, 0.2) is 0 Å². The van der Waals surface area contributed by atoms with Crippen LogP contribution in [0.4, 0.5) is 0 Å². The number of hydrogen-bond acceptors (Lipinski definition) is 1. The molecule has 25 heavy (non-hydrogen) atoms. The first-order valence-corrected chi connectivity index (χ1v) is 8.85. The minimum Gasteiger partial charge on any atom is -0.478 e. The Morgan fingerprint density at radius 2 is 1.48 bits per heavy atom. The molecule has 1 aromatic rings. The van der Waals surface area contributed by atoms with Gasteiger partial charge in [0.25, 0.3) is 0 Å². The zero-order valence-electron chi connectivity index (χ0n) is 15.8. The summed E-state index contributed by atoms with van der Waals surface area (Å²) >= 11 is 0. The number of carbonyl (C=O) groups is 1. The fourth-order valence-electron chi connectivity index (χ4n) is 1.81. The highest BCUT2D eigenvalue weighted by atomic mass is 16.4. The molecule has 138 valence electrons. The minimum atomic E-state index is -0.853. The summed E-state index contributed by atoms with van der Waals surface area (Å²) in [4.78, 5) is 10.4. The Kier molecular flexibility index (Phi) is 19.6. The Morgan fingerprint density at radius 3 is 1.88 bits per heavy atom. The molecular formula is C23H34O2. The van der Waals surface area contributed by atoms with Crippen molar-refractivity contribution in [2.24, 2.45) is 0 Å². The van der Waals surface area contributed by atoms with E-state index in [4.69, 9.17) is 5.11 Å². The van der Waals surface area contributed by atoms with Gasteiger partial charge in [-0.15, -0.1) is 0 Å². The molecule has 0 aliphatic rings. The molecule has 0 fully saturated rings. The lowest BCUT2D eigenvalue weighted by Gasteiger charge is -2.00. The molecule has 0 amide bonds. The van der Waals surface area contributed by atoms with Crippen LogP contribution in [0.2, 0.25) is 0 Å². The average molecular weight is 343 g/mol. The molecule has 2 heteroatoms. The first-order chi connectivity index (χ1) is 12.0. The second kappa shape index (κ2) is 19.7. The van der Waals surface area contributed by atoms with Crippen molar-refractivity contribution in [1.82, 2.24) is 0 Å². The van der Waals surface area contributed by atoms with Crippen LogP contribution < -0.4 is 0 Å². The van der Waals surface area contributed by atoms with E-state index in [2.05, 4.69) is 33.2 Å². The Labute approximate surface area is 154 Å². The minimum absolute atomic E-state index is 0.343. The lowest BCUT2D eigenvalue weighted by molar-refractivity contribution is -0.132. The lowest BCUT2D eigenvalue weighted by atomic mass is 10.1. The van der Waals surface area contributed by atoms with Crippen molar-refractivity contribution in [1.29, 1.82) is 0 Å². The highest BCUT2D eigenvalue weighted by molar-refractivity contribution is 5.85. The summed E-state index contributed by atoms with van der Waals surface area (Å²) in [6.07, 6.45) is 12.9. The summed E-state index contributed by atoms with van der Waals surface area (Å²) in [7, 11) is 0. The summed E-state index contributed by atoms with van der Waals surface area (Å²) in [5.74, 6) is -0.853. The van der Waals surface area contributed by atoms with Crippen LogP contribution in [-0.2, 0) is 4.79 Å². The second-order valence-electron chi connectivity index (χ2n) is 5.51. The van der Waals surface area contributed by atoms with E-state index in [0.29, 0.717) is 12.0 Å². The van der Waals surface area contributed by atoms with E-state index >= 15 is 0 Å². The first-order valence-electron chi connectivity index (χ1n) is 8.85. The van der Waals surface area contributed by atoms with Crippen LogP contribution >= 0.6 is 0 Å². The van der Waals surface area contributed by atoms with Crippen molar-refractivity contribution < 1.29 is 9.90 Å². The zero-order chi connectivity index (χ0) is 19.3. The van der Waals surface area contributed by atoms with Crippen LogP contribution in [-0.4, -0.2) is 11.1 Å². The van der Waals surface area contributed by atoms with Crippen LogP contribution in [0, 0.1) is 0 Å². The van der Waals surface area contributed by atoms with Crippen LogP contribution in [0.1, 0.15) is 57.4 Å². The molecule has 0 bridgehead atoms. The third kappa shape index (κ3) is 19.6. The topological polar surface area (TPSA) is 37.3 Å². The predicted octanol–water partition coefficient (Wildman–Crippen LogP) is 7.07. The molecule has 0 aromatic heterocycles. The normalized spacial score (nSPS) is 8.68.